The van der Waals surface area contributed by atoms with E-state index in [0.29, 0.717) is 71.8 Å². The zero-order chi connectivity index (χ0) is 37.6. The third kappa shape index (κ3) is 9.33. The summed E-state index contributed by atoms with van der Waals surface area (Å²) in [6.45, 7) is 10.6. The van der Waals surface area contributed by atoms with Crippen molar-refractivity contribution in [2.24, 2.45) is 0 Å². The van der Waals surface area contributed by atoms with Crippen LogP contribution in [0.5, 0.6) is 0 Å². The fourth-order valence-electron chi connectivity index (χ4n) is 6.81. The molecule has 6 aromatic rings. The molecule has 0 saturated heterocycles. The summed E-state index contributed by atoms with van der Waals surface area (Å²) >= 11 is 0. The largest absolute Gasteiger partial charge is 0.394 e. The minimum absolute atomic E-state index is 0.00923. The lowest BCUT2D eigenvalue weighted by atomic mass is 9.77. The van der Waals surface area contributed by atoms with Crippen LogP contribution in [0.4, 0.5) is 5.82 Å². The first-order chi connectivity index (χ1) is 26.5. The molecule has 54 heavy (non-hydrogen) atoms. The van der Waals surface area contributed by atoms with E-state index in [-0.39, 0.29) is 6.61 Å². The summed E-state index contributed by atoms with van der Waals surface area (Å²) in [5, 5.41) is 13.8. The predicted octanol–water partition coefficient (Wildman–Crippen LogP) is 7.36. The molecule has 0 aliphatic rings. The molecule has 0 spiro atoms. The number of benzene rings is 4. The molecule has 0 aliphatic heterocycles. The predicted molar refractivity (Wildman–Crippen MR) is 213 cm³/mol. The average Bonchev–Trinajstić information content (AvgIpc) is 3.56. The second-order valence-corrected chi connectivity index (χ2v) is 13.6. The van der Waals surface area contributed by atoms with E-state index in [9.17, 15) is 0 Å². The van der Waals surface area contributed by atoms with Crippen LogP contribution in [0, 0.1) is 0 Å². The Morgan fingerprint density at radius 2 is 1.15 bits per heavy atom. The monoisotopic (exact) mass is 732 g/mol. The number of anilines is 1. The molecule has 0 amide bonds. The van der Waals surface area contributed by atoms with Crippen LogP contribution in [0.2, 0.25) is 0 Å². The summed E-state index contributed by atoms with van der Waals surface area (Å²) < 4.78 is 31.2. The zero-order valence-electron chi connectivity index (χ0n) is 31.6. The van der Waals surface area contributed by atoms with Crippen molar-refractivity contribution < 1.29 is 28.8 Å². The number of imidazole rings is 1. The number of hydrogen-bond donors (Lipinski definition) is 2. The Bertz CT molecular complexity index is 1920. The lowest BCUT2D eigenvalue weighted by Gasteiger charge is -2.37. The highest BCUT2D eigenvalue weighted by molar-refractivity contribution is 6.07. The molecule has 2 heterocycles. The van der Waals surface area contributed by atoms with Crippen LogP contribution in [-0.4, -0.2) is 84.7 Å². The van der Waals surface area contributed by atoms with Crippen molar-refractivity contribution in [1.29, 1.82) is 0 Å². The van der Waals surface area contributed by atoms with Gasteiger partial charge in [0.1, 0.15) is 23.5 Å². The number of pyridine rings is 1. The standard InChI is InChI=1S/C44H52N4O6/c1-4-50-32-39-46-40-41(48(39)33-43(2,3)54-31-30-53-29-28-52-27-26-51-25-24-49)37-22-14-15-23-38(37)45-42(40)47-44(34-16-8-5-9-17-34,35-18-10-6-11-19-35)36-20-12-7-13-21-36/h5-23,49H,4,24-33H2,1-3H3,(H,45,47). The quantitative estimate of drug-likeness (QED) is 0.0547. The van der Waals surface area contributed by atoms with E-state index < -0.39 is 11.1 Å². The van der Waals surface area contributed by atoms with Gasteiger partial charge in [-0.2, -0.15) is 0 Å². The summed E-state index contributed by atoms with van der Waals surface area (Å²) in [7, 11) is 0. The van der Waals surface area contributed by atoms with E-state index in [4.69, 9.17) is 38.8 Å². The van der Waals surface area contributed by atoms with Crippen molar-refractivity contribution in [3.63, 3.8) is 0 Å². The van der Waals surface area contributed by atoms with Gasteiger partial charge in [0.2, 0.25) is 0 Å². The van der Waals surface area contributed by atoms with Crippen LogP contribution in [0.3, 0.4) is 0 Å². The van der Waals surface area contributed by atoms with Gasteiger partial charge in [0.15, 0.2) is 5.82 Å². The third-order valence-corrected chi connectivity index (χ3v) is 9.26. The van der Waals surface area contributed by atoms with Crippen molar-refractivity contribution in [2.75, 3.05) is 64.8 Å². The number of nitrogens with one attached hydrogen (secondary N) is 1. The fourth-order valence-corrected chi connectivity index (χ4v) is 6.81. The van der Waals surface area contributed by atoms with E-state index in [1.165, 1.54) is 0 Å². The van der Waals surface area contributed by atoms with E-state index in [1.54, 1.807) is 0 Å². The summed E-state index contributed by atoms with van der Waals surface area (Å²) in [5.41, 5.74) is 4.45. The summed E-state index contributed by atoms with van der Waals surface area (Å²) in [6.07, 6.45) is 0. The lowest BCUT2D eigenvalue weighted by Crippen LogP contribution is -2.38. The molecule has 2 aromatic heterocycles. The first-order valence-corrected chi connectivity index (χ1v) is 18.7. The summed E-state index contributed by atoms with van der Waals surface area (Å²) in [6, 6.07) is 39.8. The topological polar surface area (TPSA) is 109 Å². The smallest absolute Gasteiger partial charge is 0.156 e. The van der Waals surface area contributed by atoms with Gasteiger partial charge in [-0.15, -0.1) is 0 Å². The maximum absolute atomic E-state index is 8.80. The number of hydrogen-bond acceptors (Lipinski definition) is 9. The molecule has 0 saturated carbocycles. The Morgan fingerprint density at radius 1 is 0.630 bits per heavy atom. The molecule has 0 bridgehead atoms. The van der Waals surface area contributed by atoms with Crippen LogP contribution in [0.1, 0.15) is 43.3 Å². The van der Waals surface area contributed by atoms with Crippen molar-refractivity contribution in [3.8, 4) is 0 Å². The van der Waals surface area contributed by atoms with Gasteiger partial charge in [-0.3, -0.25) is 0 Å². The number of rotatable bonds is 22. The highest BCUT2D eigenvalue weighted by atomic mass is 16.6. The highest BCUT2D eigenvalue weighted by Crippen LogP contribution is 2.42. The second kappa shape index (κ2) is 19.1. The van der Waals surface area contributed by atoms with Gasteiger partial charge in [-0.05, 0) is 43.5 Å². The fraction of sp³-hybridized carbons (Fsp3) is 0.364. The number of aliphatic hydroxyl groups is 1. The molecule has 0 aliphatic carbocycles. The normalized spacial score (nSPS) is 12.1. The van der Waals surface area contributed by atoms with Crippen molar-refractivity contribution in [3.05, 3.63) is 138 Å². The Kier molecular flexibility index (Phi) is 13.8. The third-order valence-electron chi connectivity index (χ3n) is 9.26. The number of nitrogens with zero attached hydrogens (tertiary/aromatic N) is 3. The Labute approximate surface area is 318 Å². The molecule has 4 aromatic carbocycles. The molecule has 0 radical (unpaired) electrons. The SMILES string of the molecule is CCOCc1nc2c(NC(c3ccccc3)(c3ccccc3)c3ccccc3)nc3ccccc3c2n1CC(C)(C)OCCOCCOCCOCCO. The van der Waals surface area contributed by atoms with Crippen molar-refractivity contribution in [2.45, 2.75) is 45.1 Å². The molecule has 10 heteroatoms. The second-order valence-electron chi connectivity index (χ2n) is 13.6. The molecular weight excluding hydrogens is 681 g/mol. The molecular formula is C44H52N4O6. The van der Waals surface area contributed by atoms with Crippen molar-refractivity contribution in [1.82, 2.24) is 14.5 Å². The molecule has 284 valence electrons. The van der Waals surface area contributed by atoms with Gasteiger partial charge in [-0.1, -0.05) is 109 Å². The molecule has 6 rings (SSSR count). The lowest BCUT2D eigenvalue weighted by molar-refractivity contribution is -0.0617. The van der Waals surface area contributed by atoms with Gasteiger partial charge < -0.3 is 38.7 Å². The summed E-state index contributed by atoms with van der Waals surface area (Å²) in [4.78, 5) is 10.6. The van der Waals surface area contributed by atoms with E-state index >= 15 is 0 Å². The zero-order valence-corrected chi connectivity index (χ0v) is 31.6. The minimum Gasteiger partial charge on any atom is -0.394 e. The van der Waals surface area contributed by atoms with Crippen LogP contribution in [0.25, 0.3) is 21.9 Å². The number of aromatic nitrogens is 3. The van der Waals surface area contributed by atoms with Gasteiger partial charge in [0.05, 0.1) is 76.0 Å². The highest BCUT2D eigenvalue weighted by Gasteiger charge is 2.38. The van der Waals surface area contributed by atoms with E-state index in [1.807, 2.05) is 37.3 Å². The van der Waals surface area contributed by atoms with E-state index in [2.05, 4.69) is 109 Å². The number of para-hydroxylation sites is 1. The Morgan fingerprint density at radius 3 is 1.70 bits per heavy atom. The first kappa shape index (κ1) is 39.0. The van der Waals surface area contributed by atoms with Gasteiger partial charge in [0, 0.05) is 12.0 Å². The van der Waals surface area contributed by atoms with Gasteiger partial charge in [-0.25, -0.2) is 9.97 Å². The van der Waals surface area contributed by atoms with Gasteiger partial charge in [0.25, 0.3) is 0 Å². The molecule has 0 unspecified atom stereocenters. The molecule has 0 fully saturated rings. The van der Waals surface area contributed by atoms with Gasteiger partial charge >= 0.3 is 0 Å². The summed E-state index contributed by atoms with van der Waals surface area (Å²) in [5.74, 6) is 1.47. The number of ether oxygens (including phenoxy) is 5. The maximum atomic E-state index is 8.80. The Hall–Kier alpha value is -4.68. The maximum Gasteiger partial charge on any atom is 0.156 e. The molecule has 0 atom stereocenters. The molecule has 2 N–H and O–H groups in total. The number of aliphatic hydroxyl groups excluding tert-OH is 1. The van der Waals surface area contributed by atoms with Crippen LogP contribution >= 0.6 is 0 Å². The minimum atomic E-state index is -0.795. The first-order valence-electron chi connectivity index (χ1n) is 18.7. The van der Waals surface area contributed by atoms with Crippen LogP contribution < -0.4 is 5.32 Å². The molecule has 10 nitrogen and oxygen atoms in total. The Balaban J connectivity index is 1.35. The average molecular weight is 733 g/mol. The van der Waals surface area contributed by atoms with Crippen LogP contribution in [-0.2, 0) is 42.4 Å². The van der Waals surface area contributed by atoms with E-state index in [0.717, 1.165) is 44.5 Å². The van der Waals surface area contributed by atoms with Crippen LogP contribution in [0.15, 0.2) is 115 Å². The number of fused-ring (bicyclic) bond motifs is 3. The van der Waals surface area contributed by atoms with Crippen molar-refractivity contribution >= 4 is 27.8 Å².